The number of alkyl halides is 1. The minimum Gasteiger partial charge on any atom is -0.459 e. The zero-order valence-electron chi connectivity index (χ0n) is 47.2. The third-order valence-corrected chi connectivity index (χ3v) is 17.4. The molecule has 430 valence electrons. The van der Waals surface area contributed by atoms with Gasteiger partial charge in [0.1, 0.15) is 48.8 Å². The Kier molecular flexibility index (Phi) is 22.8. The second-order valence-corrected chi connectivity index (χ2v) is 24.2. The van der Waals surface area contributed by atoms with Gasteiger partial charge >= 0.3 is 5.97 Å². The number of benzene rings is 1. The van der Waals surface area contributed by atoms with Crippen molar-refractivity contribution in [2.75, 3.05) is 60.9 Å². The largest absolute Gasteiger partial charge is 0.459 e. The van der Waals surface area contributed by atoms with Crippen LogP contribution in [0.1, 0.15) is 125 Å². The number of cyclic esters (lactones) is 1. The van der Waals surface area contributed by atoms with Crippen LogP contribution in [0.2, 0.25) is 0 Å². The number of rotatable bonds is 18. The average molecular weight is 1090 g/mol. The van der Waals surface area contributed by atoms with Crippen molar-refractivity contribution in [3.05, 3.63) is 41.7 Å². The van der Waals surface area contributed by atoms with Gasteiger partial charge in [-0.2, -0.15) is 0 Å². The standard InChI is InChI=1S/C54H92FN5O14S/c1-16-17-43-54(10,66)47(62)35(6)59(12)28-31(2)25-52(8,65)49(33(4)45(34(5)50(64)73-43)70-30-39-26-53(9,69-14)48(63)36(7)72-39)74-51-44(61)41(24-32(3)71-51)58(11)23-22-38-29-60(57-56-38)42(27-55)46(68-13)37-18-20-40(21-19-37)75(15)67/h18-21,29,31-36,39,41-49,51,61-63,65-66H,16-17,22-28,30H2,1-15H3/t31-,32-,33+,34-,35-,36+,39-,41+,42-,43-,44-,45+,46-,47-,48+,49-,51+,52-,53-,54-,75?/m1/s1. The maximum atomic E-state index is 14.8. The number of aliphatic hydroxyl groups is 5. The Morgan fingerprint density at radius 2 is 1.67 bits per heavy atom. The van der Waals surface area contributed by atoms with Gasteiger partial charge in [0.2, 0.25) is 0 Å². The Labute approximate surface area is 447 Å². The van der Waals surface area contributed by atoms with Crippen LogP contribution in [0, 0.1) is 17.8 Å². The molecular formula is C54H92FN5O14S. The minimum atomic E-state index is -1.84. The van der Waals surface area contributed by atoms with Crippen molar-refractivity contribution in [3.63, 3.8) is 0 Å². The Balaban J connectivity index is 1.44. The summed E-state index contributed by atoms with van der Waals surface area (Å²) < 4.78 is 72.3. The summed E-state index contributed by atoms with van der Waals surface area (Å²) in [5.74, 6) is -2.74. The number of carbonyl (C=O) groups excluding carboxylic acids is 1. The number of halogens is 1. The molecule has 75 heavy (non-hydrogen) atoms. The molecule has 21 atom stereocenters. The van der Waals surface area contributed by atoms with Gasteiger partial charge < -0.3 is 68.5 Å². The van der Waals surface area contributed by atoms with Crippen LogP contribution in [0.15, 0.2) is 35.4 Å². The van der Waals surface area contributed by atoms with Crippen LogP contribution < -0.4 is 0 Å². The van der Waals surface area contributed by atoms with E-state index in [1.165, 1.54) is 25.8 Å². The lowest BCUT2D eigenvalue weighted by Gasteiger charge is -2.48. The van der Waals surface area contributed by atoms with E-state index in [1.54, 1.807) is 71.3 Å². The highest BCUT2D eigenvalue weighted by Gasteiger charge is 2.52. The lowest BCUT2D eigenvalue weighted by atomic mass is 9.77. The molecule has 3 aliphatic rings. The van der Waals surface area contributed by atoms with Crippen LogP contribution in [0.3, 0.4) is 0 Å². The van der Waals surface area contributed by atoms with Gasteiger partial charge in [0.25, 0.3) is 0 Å². The van der Waals surface area contributed by atoms with Gasteiger partial charge in [-0.1, -0.05) is 44.5 Å². The number of likely N-dealkylation sites (N-methyl/N-ethyl adjacent to an activating group) is 2. The summed E-state index contributed by atoms with van der Waals surface area (Å²) in [6.45, 7) is 17.8. The second kappa shape index (κ2) is 27.0. The number of carbonyl (C=O) groups is 1. The van der Waals surface area contributed by atoms with Crippen molar-refractivity contribution in [2.45, 2.75) is 215 Å². The predicted octanol–water partition coefficient (Wildman–Crippen LogP) is 4.17. The lowest BCUT2D eigenvalue weighted by Crippen LogP contribution is -2.60. The highest BCUT2D eigenvalue weighted by atomic mass is 32.2. The summed E-state index contributed by atoms with van der Waals surface area (Å²) in [4.78, 5) is 19.2. The molecule has 3 aliphatic heterocycles. The number of aromatic nitrogens is 3. The molecule has 5 rings (SSSR count). The molecule has 1 unspecified atom stereocenters. The monoisotopic (exact) mass is 1090 g/mol. The molecule has 0 radical (unpaired) electrons. The lowest BCUT2D eigenvalue weighted by molar-refractivity contribution is -0.301. The van der Waals surface area contributed by atoms with E-state index in [2.05, 4.69) is 10.3 Å². The van der Waals surface area contributed by atoms with E-state index in [0.29, 0.717) is 48.5 Å². The van der Waals surface area contributed by atoms with Crippen LogP contribution >= 0.6 is 0 Å². The zero-order valence-corrected chi connectivity index (χ0v) is 48.0. The fourth-order valence-corrected chi connectivity index (χ4v) is 12.3. The average Bonchev–Trinajstić information content (AvgIpc) is 3.83. The summed E-state index contributed by atoms with van der Waals surface area (Å²) in [6, 6.07) is 5.11. The van der Waals surface area contributed by atoms with E-state index in [9.17, 15) is 38.9 Å². The quantitative estimate of drug-likeness (QED) is 0.132. The van der Waals surface area contributed by atoms with E-state index >= 15 is 0 Å². The van der Waals surface area contributed by atoms with E-state index in [1.807, 2.05) is 51.6 Å². The zero-order chi connectivity index (χ0) is 55.9. The Morgan fingerprint density at radius 3 is 2.27 bits per heavy atom. The van der Waals surface area contributed by atoms with Crippen LogP contribution in [0.4, 0.5) is 4.39 Å². The Morgan fingerprint density at radius 1 is 1.00 bits per heavy atom. The third kappa shape index (κ3) is 15.2. The van der Waals surface area contributed by atoms with Crippen LogP contribution in [0.5, 0.6) is 0 Å². The fraction of sp³-hybridized carbons (Fsp3) is 0.833. The van der Waals surface area contributed by atoms with Gasteiger partial charge in [-0.3, -0.25) is 9.00 Å². The van der Waals surface area contributed by atoms with Gasteiger partial charge in [-0.05, 0) is 105 Å². The molecule has 4 heterocycles. The SMILES string of the molecule is CCC[C@H]1OC(=O)[C@H](C)[C@@H](OC[C@H]2C[C@@](C)(OC)[C@@H](O)[C@H](C)O2)[C@H](C)[C@@H](O[C@@H]2O[C@H](C)C[C@H](N(C)CCc3cn([C@H](CF)[C@H](OC)c4ccc(S(C)=O)cc4)nn3)[C@H]2O)[C@](C)(O)C[C@@H](C)CN(C)[C@H](C)[C@@H](O)[C@]1(C)O. The number of esters is 1. The van der Waals surface area contributed by atoms with Crippen LogP contribution in [0.25, 0.3) is 0 Å². The summed E-state index contributed by atoms with van der Waals surface area (Å²) >= 11 is 0. The number of nitrogens with zero attached hydrogens (tertiary/aromatic N) is 5. The van der Waals surface area contributed by atoms with Crippen molar-refractivity contribution in [1.29, 1.82) is 0 Å². The first-order valence-corrected chi connectivity index (χ1v) is 28.4. The molecule has 3 saturated heterocycles. The van der Waals surface area contributed by atoms with Gasteiger partial charge in [-0.15, -0.1) is 5.10 Å². The van der Waals surface area contributed by atoms with Gasteiger partial charge in [0.05, 0.1) is 59.9 Å². The molecule has 21 heteroatoms. The molecule has 0 bridgehead atoms. The fourth-order valence-electron chi connectivity index (χ4n) is 11.8. The molecule has 2 aromatic rings. The Hall–Kier alpha value is -2.61. The normalized spacial score (nSPS) is 39.3. The predicted molar refractivity (Wildman–Crippen MR) is 280 cm³/mol. The topological polar surface area (TPSA) is 237 Å². The molecule has 5 N–H and O–H groups in total. The van der Waals surface area contributed by atoms with Gasteiger partial charge in [0, 0.05) is 86.3 Å². The Bertz CT molecular complexity index is 2110. The molecule has 0 spiro atoms. The van der Waals surface area contributed by atoms with E-state index in [-0.39, 0.29) is 31.8 Å². The molecular weight excluding hydrogens is 994 g/mol. The number of ether oxygens (including phenoxy) is 7. The highest BCUT2D eigenvalue weighted by molar-refractivity contribution is 7.84. The van der Waals surface area contributed by atoms with E-state index < -0.39 is 138 Å². The molecule has 1 aromatic carbocycles. The highest BCUT2D eigenvalue weighted by Crippen LogP contribution is 2.39. The maximum absolute atomic E-state index is 14.8. The molecule has 3 fully saturated rings. The number of aliphatic hydroxyl groups excluding tert-OH is 3. The first-order valence-electron chi connectivity index (χ1n) is 26.8. The van der Waals surface area contributed by atoms with Crippen LogP contribution in [-0.2, 0) is 55.2 Å². The summed E-state index contributed by atoms with van der Waals surface area (Å²) in [5, 5.41) is 68.6. The first-order chi connectivity index (χ1) is 35.1. The number of hydrogen-bond donors (Lipinski definition) is 5. The minimum absolute atomic E-state index is 0.0381. The maximum Gasteiger partial charge on any atom is 0.311 e. The van der Waals surface area contributed by atoms with Crippen molar-refractivity contribution < 1.29 is 72.1 Å². The second-order valence-electron chi connectivity index (χ2n) is 22.8. The van der Waals surface area contributed by atoms with E-state index in [4.69, 9.17) is 33.2 Å². The number of methoxy groups -OCH3 is 2. The molecule has 0 saturated carbocycles. The van der Waals surface area contributed by atoms with Gasteiger partial charge in [-0.25, -0.2) is 9.07 Å². The first kappa shape index (κ1) is 63.2. The molecule has 0 aliphatic carbocycles. The van der Waals surface area contributed by atoms with Crippen molar-refractivity contribution in [2.24, 2.45) is 17.8 Å². The number of hydrogen-bond acceptors (Lipinski definition) is 18. The molecule has 1 aromatic heterocycles. The van der Waals surface area contributed by atoms with Crippen molar-refractivity contribution in [1.82, 2.24) is 24.8 Å². The smallest absolute Gasteiger partial charge is 0.311 e. The molecule has 19 nitrogen and oxygen atoms in total. The van der Waals surface area contributed by atoms with Crippen molar-refractivity contribution in [3.8, 4) is 0 Å². The van der Waals surface area contributed by atoms with Crippen molar-refractivity contribution >= 4 is 16.8 Å². The molecule has 0 amide bonds. The summed E-state index contributed by atoms with van der Waals surface area (Å²) in [6.07, 6.45) is -4.86. The van der Waals surface area contributed by atoms with Crippen LogP contribution in [-0.4, -0.2) is 212 Å². The summed E-state index contributed by atoms with van der Waals surface area (Å²) in [5.41, 5.74) is -3.14. The van der Waals surface area contributed by atoms with E-state index in [0.717, 1.165) is 0 Å². The summed E-state index contributed by atoms with van der Waals surface area (Å²) in [7, 11) is 5.58. The van der Waals surface area contributed by atoms with Gasteiger partial charge in [0.15, 0.2) is 6.29 Å². The third-order valence-electron chi connectivity index (χ3n) is 16.5.